The van der Waals surface area contributed by atoms with E-state index in [0.29, 0.717) is 6.61 Å². The van der Waals surface area contributed by atoms with Crippen LogP contribution in [0, 0.1) is 0 Å². The summed E-state index contributed by atoms with van der Waals surface area (Å²) in [6, 6.07) is 20.3. The first kappa shape index (κ1) is 23.3. The van der Waals surface area contributed by atoms with E-state index in [2.05, 4.69) is 84.9 Å². The lowest BCUT2D eigenvalue weighted by Crippen LogP contribution is -2.51. The zero-order valence-corrected chi connectivity index (χ0v) is 21.8. The maximum absolute atomic E-state index is 12.4. The number of rotatable bonds is 5. The molecule has 6 rings (SSSR count). The Kier molecular flexibility index (Phi) is 5.13. The van der Waals surface area contributed by atoms with Gasteiger partial charge in [0, 0.05) is 46.0 Å². The van der Waals surface area contributed by atoms with Gasteiger partial charge in [-0.15, -0.1) is 0 Å². The second-order valence-electron chi connectivity index (χ2n) is 9.99. The van der Waals surface area contributed by atoms with Crippen LogP contribution in [-0.2, 0) is 31.0 Å². The highest BCUT2D eigenvalue weighted by Gasteiger charge is 2.59. The number of fused-ring (bicyclic) bond motifs is 6. The fraction of sp³-hybridized carbons (Fsp3) is 0.310. The number of ether oxygens (including phenoxy) is 1. The zero-order valence-electron chi connectivity index (χ0n) is 21.0. The zero-order chi connectivity index (χ0) is 25.3. The number of anilines is 1. The van der Waals surface area contributed by atoms with Crippen LogP contribution in [0.5, 0.6) is 0 Å². The van der Waals surface area contributed by atoms with Gasteiger partial charge in [0.2, 0.25) is 0 Å². The summed E-state index contributed by atoms with van der Waals surface area (Å²) < 4.78 is 38.4. The molecule has 0 spiro atoms. The summed E-state index contributed by atoms with van der Waals surface area (Å²) >= 11 is 0. The predicted octanol–water partition coefficient (Wildman–Crippen LogP) is 5.69. The minimum Gasteiger partial charge on any atom is -0.349 e. The van der Waals surface area contributed by atoms with Crippen LogP contribution in [0.4, 0.5) is 5.69 Å². The Balaban J connectivity index is 1.45. The Morgan fingerprint density at radius 1 is 1.03 bits per heavy atom. The molecule has 0 N–H and O–H groups in total. The first-order valence-corrected chi connectivity index (χ1v) is 13.7. The molecule has 2 aliphatic rings. The van der Waals surface area contributed by atoms with E-state index in [4.69, 9.17) is 8.92 Å². The molecule has 1 aromatic heterocycles. The number of nitrogens with zero attached hydrogens (tertiary/aromatic N) is 2. The Hall–Kier alpha value is -3.13. The minimum atomic E-state index is -3.79. The molecule has 1 fully saturated rings. The Morgan fingerprint density at radius 3 is 2.58 bits per heavy atom. The molecule has 0 radical (unpaired) electrons. The van der Waals surface area contributed by atoms with Gasteiger partial charge in [-0.05, 0) is 60.5 Å². The van der Waals surface area contributed by atoms with Gasteiger partial charge in [-0.3, -0.25) is 4.18 Å². The van der Waals surface area contributed by atoms with E-state index in [-0.39, 0.29) is 4.90 Å². The van der Waals surface area contributed by atoms with Crippen LogP contribution in [0.3, 0.4) is 0 Å². The van der Waals surface area contributed by atoms with E-state index in [1.165, 1.54) is 28.9 Å². The highest BCUT2D eigenvalue weighted by Crippen LogP contribution is 2.55. The highest BCUT2D eigenvalue weighted by atomic mass is 32.2. The van der Waals surface area contributed by atoms with Crippen LogP contribution in [0.1, 0.15) is 31.9 Å². The topological polar surface area (TPSA) is 60.8 Å². The second-order valence-corrected chi connectivity index (χ2v) is 11.7. The van der Waals surface area contributed by atoms with Crippen LogP contribution in [0.15, 0.2) is 71.6 Å². The molecule has 36 heavy (non-hydrogen) atoms. The molecule has 6 nitrogen and oxygen atoms in total. The highest BCUT2D eigenvalue weighted by molar-refractivity contribution is 7.86. The summed E-state index contributed by atoms with van der Waals surface area (Å²) in [5, 5.41) is 2.49. The lowest BCUT2D eigenvalue weighted by Gasteiger charge is -2.39. The second kappa shape index (κ2) is 7.93. The molecule has 0 aliphatic carbocycles. The van der Waals surface area contributed by atoms with Crippen molar-refractivity contribution >= 4 is 43.7 Å². The van der Waals surface area contributed by atoms with E-state index in [1.54, 1.807) is 12.1 Å². The summed E-state index contributed by atoms with van der Waals surface area (Å²) in [6.07, 6.45) is 4.28. The van der Waals surface area contributed by atoms with Crippen LogP contribution >= 0.6 is 0 Å². The van der Waals surface area contributed by atoms with Crippen molar-refractivity contribution in [3.8, 4) is 0 Å². The van der Waals surface area contributed by atoms with Crippen molar-refractivity contribution in [3.05, 3.63) is 77.9 Å². The van der Waals surface area contributed by atoms with Crippen LogP contribution in [0.2, 0.25) is 0 Å². The molecule has 1 atom stereocenters. The third-order valence-corrected chi connectivity index (χ3v) is 9.26. The normalized spacial score (nSPS) is 21.1. The fourth-order valence-corrected chi connectivity index (χ4v) is 6.81. The standard InChI is InChI=1S/C29H30N2O4S/c1-5-30-25-9-7-6-8-22(25)23-18-20(10-12-26(23)30)14-15-29-28(2,3)24-19-21(36(32,33)34-4)11-13-27(24)31(29)16-17-35-29/h6-15,18-19H,5,16-17H2,1-4H3/b15-14+. The molecule has 7 heteroatoms. The maximum Gasteiger partial charge on any atom is 0.296 e. The number of para-hydroxylation sites is 1. The van der Waals surface area contributed by atoms with Crippen LogP contribution in [0.25, 0.3) is 27.9 Å². The van der Waals surface area contributed by atoms with Crippen LogP contribution in [-0.4, -0.2) is 39.0 Å². The third-order valence-electron chi connectivity index (χ3n) is 7.99. The largest absolute Gasteiger partial charge is 0.349 e. The molecular weight excluding hydrogens is 472 g/mol. The summed E-state index contributed by atoms with van der Waals surface area (Å²) in [5.74, 6) is 0. The number of benzene rings is 3. The SMILES string of the molecule is CCn1c2ccccc2c2cc(/C=C/C34OCCN3c3ccc(S(=O)(=O)OC)cc3C4(C)C)ccc21. The number of hydrogen-bond acceptors (Lipinski definition) is 5. The summed E-state index contributed by atoms with van der Waals surface area (Å²) in [5.41, 5.74) is 4.31. The molecule has 3 heterocycles. The summed E-state index contributed by atoms with van der Waals surface area (Å²) in [6.45, 7) is 8.66. The average Bonchev–Trinajstić information content (AvgIpc) is 3.51. The number of aromatic nitrogens is 1. The quantitative estimate of drug-likeness (QED) is 0.328. The molecule has 3 aromatic carbocycles. The van der Waals surface area contributed by atoms with E-state index < -0.39 is 21.3 Å². The molecule has 0 saturated carbocycles. The third kappa shape index (κ3) is 3.06. The van der Waals surface area contributed by atoms with Gasteiger partial charge in [0.25, 0.3) is 10.1 Å². The van der Waals surface area contributed by atoms with Gasteiger partial charge in [0.05, 0.1) is 18.6 Å². The van der Waals surface area contributed by atoms with Crippen molar-refractivity contribution in [2.75, 3.05) is 25.2 Å². The molecule has 0 bridgehead atoms. The van der Waals surface area contributed by atoms with Crippen molar-refractivity contribution in [1.82, 2.24) is 4.57 Å². The van der Waals surface area contributed by atoms with E-state index >= 15 is 0 Å². The molecule has 1 unspecified atom stereocenters. The van der Waals surface area contributed by atoms with Crippen molar-refractivity contribution in [2.45, 2.75) is 43.4 Å². The van der Waals surface area contributed by atoms with Gasteiger partial charge >= 0.3 is 0 Å². The molecule has 0 amide bonds. The van der Waals surface area contributed by atoms with Gasteiger partial charge < -0.3 is 14.2 Å². The minimum absolute atomic E-state index is 0.162. The fourth-order valence-electron chi connectivity index (χ4n) is 6.12. The lowest BCUT2D eigenvalue weighted by molar-refractivity contribution is 0.000290. The van der Waals surface area contributed by atoms with E-state index in [1.807, 2.05) is 6.07 Å². The van der Waals surface area contributed by atoms with E-state index in [0.717, 1.165) is 29.9 Å². The molecule has 186 valence electrons. The monoisotopic (exact) mass is 502 g/mol. The van der Waals surface area contributed by atoms with E-state index in [9.17, 15) is 8.42 Å². The Labute approximate surface area is 211 Å². The molecular formula is C29H30N2O4S. The predicted molar refractivity (Wildman–Crippen MR) is 144 cm³/mol. The molecule has 2 aliphatic heterocycles. The molecule has 4 aromatic rings. The van der Waals surface area contributed by atoms with Gasteiger partial charge in [-0.25, -0.2) is 0 Å². The van der Waals surface area contributed by atoms with Gasteiger partial charge in [-0.1, -0.05) is 44.2 Å². The van der Waals surface area contributed by atoms with Crippen LogP contribution < -0.4 is 4.90 Å². The smallest absolute Gasteiger partial charge is 0.296 e. The molecule has 1 saturated heterocycles. The summed E-state index contributed by atoms with van der Waals surface area (Å²) in [4.78, 5) is 2.42. The van der Waals surface area contributed by atoms with Crippen molar-refractivity contribution in [1.29, 1.82) is 0 Å². The Morgan fingerprint density at radius 2 is 1.81 bits per heavy atom. The van der Waals surface area contributed by atoms with Crippen molar-refractivity contribution < 1.29 is 17.3 Å². The average molecular weight is 503 g/mol. The Bertz CT molecular complexity index is 1650. The number of aryl methyl sites for hydroxylation is 1. The lowest BCUT2D eigenvalue weighted by atomic mass is 9.77. The first-order chi connectivity index (χ1) is 17.2. The van der Waals surface area contributed by atoms with Gasteiger partial charge in [0.1, 0.15) is 0 Å². The van der Waals surface area contributed by atoms with Crippen molar-refractivity contribution in [3.63, 3.8) is 0 Å². The van der Waals surface area contributed by atoms with Gasteiger partial charge in [-0.2, -0.15) is 8.42 Å². The maximum atomic E-state index is 12.4. The number of hydrogen-bond donors (Lipinski definition) is 0. The summed E-state index contributed by atoms with van der Waals surface area (Å²) in [7, 11) is -2.60. The first-order valence-electron chi connectivity index (χ1n) is 12.3. The van der Waals surface area contributed by atoms with Gasteiger partial charge in [0.15, 0.2) is 5.72 Å². The van der Waals surface area contributed by atoms with Crippen molar-refractivity contribution in [2.24, 2.45) is 0 Å².